The predicted molar refractivity (Wildman–Crippen MR) is 111 cm³/mol. The van der Waals surface area contributed by atoms with E-state index in [0.29, 0.717) is 51.2 Å². The Bertz CT molecular complexity index is 916. The Hall–Kier alpha value is -3.35. The van der Waals surface area contributed by atoms with E-state index in [1.54, 1.807) is 19.2 Å². The molecule has 0 aliphatic rings. The van der Waals surface area contributed by atoms with Gasteiger partial charge in [0.15, 0.2) is 29.3 Å². The van der Waals surface area contributed by atoms with Crippen molar-refractivity contribution < 1.29 is 33.2 Å². The molecule has 2 rings (SSSR count). The number of carbonyl (C=O) groups excluding carboxylic acids is 1. The van der Waals surface area contributed by atoms with E-state index in [1.165, 1.54) is 35.5 Å². The zero-order valence-electron chi connectivity index (χ0n) is 17.7. The second-order valence-electron chi connectivity index (χ2n) is 5.84. The lowest BCUT2D eigenvalue weighted by atomic mass is 9.92. The first-order chi connectivity index (χ1) is 14.1. The van der Waals surface area contributed by atoms with Gasteiger partial charge in [0.2, 0.25) is 11.5 Å². The third-order valence-corrected chi connectivity index (χ3v) is 4.44. The summed E-state index contributed by atoms with van der Waals surface area (Å²) >= 11 is 0. The summed E-state index contributed by atoms with van der Waals surface area (Å²) in [6.07, 6.45) is 4.48. The molecule has 2 aromatic rings. The third-order valence-electron chi connectivity index (χ3n) is 4.44. The Morgan fingerprint density at radius 2 is 1.03 bits per heavy atom. The molecular weight excluding hydrogens is 376 g/mol. The van der Waals surface area contributed by atoms with E-state index in [4.69, 9.17) is 28.4 Å². The van der Waals surface area contributed by atoms with Crippen LogP contribution in [-0.4, -0.2) is 48.9 Å². The van der Waals surface area contributed by atoms with E-state index in [1.807, 2.05) is 19.1 Å². The maximum Gasteiger partial charge on any atom is 0.203 e. The van der Waals surface area contributed by atoms with Gasteiger partial charge in [0.05, 0.1) is 42.7 Å². The van der Waals surface area contributed by atoms with Gasteiger partial charge in [-0.05, 0) is 24.6 Å². The summed E-state index contributed by atoms with van der Waals surface area (Å²) in [5.41, 5.74) is 2.18. The summed E-state index contributed by atoms with van der Waals surface area (Å²) < 4.78 is 33.2. The van der Waals surface area contributed by atoms with Crippen LogP contribution in [0.25, 0.3) is 17.2 Å². The van der Waals surface area contributed by atoms with Crippen LogP contribution in [0.15, 0.2) is 18.2 Å². The quantitative estimate of drug-likeness (QED) is 0.581. The van der Waals surface area contributed by atoms with Crippen LogP contribution in [0.2, 0.25) is 0 Å². The molecule has 2 aromatic carbocycles. The molecule has 0 radical (unpaired) electrons. The fourth-order valence-corrected chi connectivity index (χ4v) is 3.27. The minimum Gasteiger partial charge on any atom is -0.493 e. The number of hydrogen-bond acceptors (Lipinski definition) is 7. The predicted octanol–water partition coefficient (Wildman–Crippen LogP) is 4.25. The molecule has 156 valence electrons. The number of rotatable bonds is 9. The number of hydrogen-bond donors (Lipinski definition) is 0. The average molecular weight is 402 g/mol. The minimum absolute atomic E-state index is 0.338. The van der Waals surface area contributed by atoms with Gasteiger partial charge in [-0.2, -0.15) is 0 Å². The summed E-state index contributed by atoms with van der Waals surface area (Å²) in [5, 5.41) is 0. The van der Waals surface area contributed by atoms with E-state index >= 15 is 0 Å². The van der Waals surface area contributed by atoms with Crippen LogP contribution in [0.3, 0.4) is 0 Å². The fourth-order valence-electron chi connectivity index (χ4n) is 3.27. The zero-order valence-corrected chi connectivity index (χ0v) is 17.7. The number of methoxy groups -OCH3 is 6. The smallest absolute Gasteiger partial charge is 0.203 e. The van der Waals surface area contributed by atoms with Gasteiger partial charge in [0.25, 0.3) is 0 Å². The van der Waals surface area contributed by atoms with E-state index in [9.17, 15) is 4.79 Å². The normalized spacial score (nSPS) is 10.6. The first-order valence-corrected chi connectivity index (χ1v) is 8.80. The molecule has 0 N–H and O–H groups in total. The Kier molecular flexibility index (Phi) is 7.36. The van der Waals surface area contributed by atoms with Crippen molar-refractivity contribution in [2.75, 3.05) is 42.7 Å². The van der Waals surface area contributed by atoms with E-state index in [2.05, 4.69) is 0 Å². The van der Waals surface area contributed by atoms with Gasteiger partial charge in [0, 0.05) is 16.7 Å². The van der Waals surface area contributed by atoms with Crippen molar-refractivity contribution in [1.82, 2.24) is 0 Å². The largest absolute Gasteiger partial charge is 0.493 e. The summed E-state index contributed by atoms with van der Waals surface area (Å²) in [7, 11) is 9.08. The number of allylic oxidation sites excluding steroid dienone is 1. The van der Waals surface area contributed by atoms with Crippen LogP contribution in [0.4, 0.5) is 0 Å². The molecule has 0 heterocycles. The average Bonchev–Trinajstić information content (AvgIpc) is 2.76. The van der Waals surface area contributed by atoms with E-state index in [0.717, 1.165) is 11.8 Å². The van der Waals surface area contributed by atoms with Crippen LogP contribution in [0.5, 0.6) is 34.5 Å². The molecule has 0 saturated carbocycles. The maximum absolute atomic E-state index is 12.0. The molecule has 0 spiro atoms. The lowest BCUT2D eigenvalue weighted by Crippen LogP contribution is -2.04. The molecule has 0 saturated heterocycles. The van der Waals surface area contributed by atoms with Gasteiger partial charge in [-0.3, -0.25) is 4.79 Å². The standard InChI is InChI=1S/C22H26O7/c1-8-9-13-10-15(24-2)19(26-4)21(28-6)17(13)18-14(12-23)11-16(25-3)20(27-5)22(18)29-7/h8-12H,1-7H3/b9-8+. The SMILES string of the molecule is C/C=C/c1cc(OC)c(OC)c(OC)c1-c1c(C=O)cc(OC)c(OC)c1OC. The van der Waals surface area contributed by atoms with Crippen molar-refractivity contribution >= 4 is 12.4 Å². The summed E-state index contributed by atoms with van der Waals surface area (Å²) in [5.74, 6) is 2.36. The van der Waals surface area contributed by atoms with Crippen LogP contribution in [0, 0.1) is 0 Å². The lowest BCUT2D eigenvalue weighted by Gasteiger charge is -2.23. The summed E-state index contributed by atoms with van der Waals surface area (Å²) in [6.45, 7) is 1.89. The molecular formula is C22H26O7. The topological polar surface area (TPSA) is 72.5 Å². The monoisotopic (exact) mass is 402 g/mol. The zero-order chi connectivity index (χ0) is 21.6. The van der Waals surface area contributed by atoms with Gasteiger partial charge in [-0.1, -0.05) is 12.2 Å². The molecule has 0 aliphatic heterocycles. The number of ether oxygens (including phenoxy) is 6. The second-order valence-corrected chi connectivity index (χ2v) is 5.84. The Morgan fingerprint density at radius 3 is 1.38 bits per heavy atom. The molecule has 0 atom stereocenters. The molecule has 29 heavy (non-hydrogen) atoms. The van der Waals surface area contributed by atoms with Crippen LogP contribution in [0.1, 0.15) is 22.8 Å². The van der Waals surface area contributed by atoms with Gasteiger partial charge >= 0.3 is 0 Å². The van der Waals surface area contributed by atoms with Crippen molar-refractivity contribution in [3.8, 4) is 45.6 Å². The highest BCUT2D eigenvalue weighted by molar-refractivity contribution is 5.99. The van der Waals surface area contributed by atoms with Gasteiger partial charge < -0.3 is 28.4 Å². The van der Waals surface area contributed by atoms with Crippen LogP contribution in [-0.2, 0) is 0 Å². The molecule has 0 bridgehead atoms. The Morgan fingerprint density at radius 1 is 0.621 bits per heavy atom. The van der Waals surface area contributed by atoms with Crippen molar-refractivity contribution in [3.63, 3.8) is 0 Å². The summed E-state index contributed by atoms with van der Waals surface area (Å²) in [6, 6.07) is 3.40. The van der Waals surface area contributed by atoms with Gasteiger partial charge in [0.1, 0.15) is 0 Å². The number of carbonyl (C=O) groups is 1. The van der Waals surface area contributed by atoms with Crippen molar-refractivity contribution in [1.29, 1.82) is 0 Å². The molecule has 0 fully saturated rings. The van der Waals surface area contributed by atoms with Gasteiger partial charge in [-0.25, -0.2) is 0 Å². The Balaban J connectivity index is 3.13. The highest BCUT2D eigenvalue weighted by Gasteiger charge is 2.28. The molecule has 0 unspecified atom stereocenters. The van der Waals surface area contributed by atoms with Crippen molar-refractivity contribution in [2.24, 2.45) is 0 Å². The number of aldehydes is 1. The first-order valence-electron chi connectivity index (χ1n) is 8.80. The van der Waals surface area contributed by atoms with Gasteiger partial charge in [-0.15, -0.1) is 0 Å². The van der Waals surface area contributed by atoms with Crippen LogP contribution < -0.4 is 28.4 Å². The molecule has 0 aromatic heterocycles. The fraction of sp³-hybridized carbons (Fsp3) is 0.318. The maximum atomic E-state index is 12.0. The van der Waals surface area contributed by atoms with E-state index < -0.39 is 0 Å². The van der Waals surface area contributed by atoms with Crippen LogP contribution >= 0.6 is 0 Å². The van der Waals surface area contributed by atoms with Crippen molar-refractivity contribution in [2.45, 2.75) is 6.92 Å². The van der Waals surface area contributed by atoms with Crippen molar-refractivity contribution in [3.05, 3.63) is 29.3 Å². The molecule has 0 aliphatic carbocycles. The first kappa shape index (κ1) is 21.9. The minimum atomic E-state index is 0.338. The Labute approximate surface area is 170 Å². The second kappa shape index (κ2) is 9.73. The van der Waals surface area contributed by atoms with E-state index in [-0.39, 0.29) is 0 Å². The highest BCUT2D eigenvalue weighted by Crippen LogP contribution is 2.53. The highest BCUT2D eigenvalue weighted by atomic mass is 16.5. The number of benzene rings is 2. The lowest BCUT2D eigenvalue weighted by molar-refractivity contribution is 0.112. The molecule has 7 nitrogen and oxygen atoms in total. The summed E-state index contributed by atoms with van der Waals surface area (Å²) in [4.78, 5) is 12.0. The molecule has 0 amide bonds. The molecule has 7 heteroatoms. The third kappa shape index (κ3) is 3.81.